The number of carbonyl (C=O) groups excluding carboxylic acids is 1. The van der Waals surface area contributed by atoms with E-state index in [0.717, 1.165) is 44.9 Å². The molecule has 0 aromatic rings. The molecule has 0 aliphatic carbocycles. The summed E-state index contributed by atoms with van der Waals surface area (Å²) in [4.78, 5) is 12.4. The predicted molar refractivity (Wildman–Crippen MR) is 167 cm³/mol. The molecule has 4 heteroatoms. The molecular formula is C35H62N2O2. The third kappa shape index (κ3) is 17.7. The Morgan fingerprint density at radius 1 is 0.692 bits per heavy atom. The van der Waals surface area contributed by atoms with Gasteiger partial charge < -0.3 is 10.5 Å². The van der Waals surface area contributed by atoms with Crippen molar-refractivity contribution in [1.82, 2.24) is 10.4 Å². The van der Waals surface area contributed by atoms with Gasteiger partial charge in [0, 0.05) is 36.4 Å². The molecule has 0 atom stereocenters. The highest BCUT2D eigenvalue weighted by Gasteiger charge is 2.45. The largest absolute Gasteiger partial charge is 0.353 e. The molecular weight excluding hydrogens is 480 g/mol. The molecule has 1 saturated heterocycles. The molecule has 0 bridgehead atoms. The molecule has 0 saturated carbocycles. The van der Waals surface area contributed by atoms with Crippen molar-refractivity contribution < 1.29 is 10.0 Å². The van der Waals surface area contributed by atoms with Crippen molar-refractivity contribution in [3.63, 3.8) is 0 Å². The van der Waals surface area contributed by atoms with Crippen LogP contribution in [0.2, 0.25) is 0 Å². The van der Waals surface area contributed by atoms with Crippen LogP contribution >= 0.6 is 0 Å². The van der Waals surface area contributed by atoms with Crippen LogP contribution in [0.3, 0.4) is 0 Å². The van der Waals surface area contributed by atoms with Crippen molar-refractivity contribution in [1.29, 1.82) is 0 Å². The Labute approximate surface area is 242 Å². The number of amides is 1. The van der Waals surface area contributed by atoms with Gasteiger partial charge >= 0.3 is 0 Å². The molecule has 1 rings (SSSR count). The third-order valence-corrected chi connectivity index (χ3v) is 8.10. The number of nitrogens with one attached hydrogen (secondary N) is 1. The van der Waals surface area contributed by atoms with E-state index in [4.69, 9.17) is 0 Å². The second kappa shape index (κ2) is 21.3. The molecule has 0 radical (unpaired) electrons. The number of rotatable bonds is 20. The first-order valence-electron chi connectivity index (χ1n) is 16.4. The maximum absolute atomic E-state index is 12.4. The summed E-state index contributed by atoms with van der Waals surface area (Å²) in [6.45, 7) is 10.4. The zero-order valence-electron chi connectivity index (χ0n) is 26.4. The molecule has 1 aliphatic heterocycles. The maximum Gasteiger partial charge on any atom is 0.220 e. The van der Waals surface area contributed by atoms with Crippen LogP contribution in [-0.4, -0.2) is 33.3 Å². The van der Waals surface area contributed by atoms with Crippen LogP contribution in [0.25, 0.3) is 0 Å². The quantitative estimate of drug-likeness (QED) is 0.119. The van der Waals surface area contributed by atoms with E-state index >= 15 is 0 Å². The zero-order valence-corrected chi connectivity index (χ0v) is 26.4. The Morgan fingerprint density at radius 2 is 1.08 bits per heavy atom. The van der Waals surface area contributed by atoms with Gasteiger partial charge in [0.1, 0.15) is 0 Å². The second-order valence-electron chi connectivity index (χ2n) is 13.1. The van der Waals surface area contributed by atoms with E-state index < -0.39 is 0 Å². The molecule has 224 valence electrons. The molecule has 0 aromatic heterocycles. The molecule has 39 heavy (non-hydrogen) atoms. The van der Waals surface area contributed by atoms with Gasteiger partial charge in [0.05, 0.1) is 0 Å². The molecule has 1 fully saturated rings. The summed E-state index contributed by atoms with van der Waals surface area (Å²) in [6, 6.07) is 0.129. The first kappa shape index (κ1) is 35.5. The average Bonchev–Trinajstić information content (AvgIpc) is 2.87. The van der Waals surface area contributed by atoms with Crippen LogP contribution in [0, 0.1) is 23.7 Å². The highest BCUT2D eigenvalue weighted by atomic mass is 16.5. The van der Waals surface area contributed by atoms with Crippen LogP contribution in [0.5, 0.6) is 0 Å². The zero-order chi connectivity index (χ0) is 28.8. The standard InChI is InChI=1S/C35H62N2O2/c1-6-7-8-9-10-11-12-13-14-15-16-17-18-19-20-21-22-23-24-25-26-27-28-29-33(38)36-32-30-34(2,3)37(39)35(4,5)31-32/h32,39H,6-16,21-31H2,1-5H3,(H,36,38). The summed E-state index contributed by atoms with van der Waals surface area (Å²) >= 11 is 0. The molecule has 0 aromatic carbocycles. The Morgan fingerprint density at radius 3 is 1.51 bits per heavy atom. The fourth-order valence-electron chi connectivity index (χ4n) is 5.97. The topological polar surface area (TPSA) is 52.6 Å². The lowest BCUT2D eigenvalue weighted by Crippen LogP contribution is -2.62. The van der Waals surface area contributed by atoms with Gasteiger partial charge in [-0.15, -0.1) is 0 Å². The molecule has 1 heterocycles. The fraction of sp³-hybridized carbons (Fsp3) is 0.857. The minimum Gasteiger partial charge on any atom is -0.353 e. The van der Waals surface area contributed by atoms with Gasteiger partial charge in [-0.3, -0.25) is 4.79 Å². The molecule has 2 N–H and O–H groups in total. The molecule has 0 spiro atoms. The van der Waals surface area contributed by atoms with Crippen LogP contribution in [0.15, 0.2) is 0 Å². The minimum atomic E-state index is -0.329. The van der Waals surface area contributed by atoms with Crippen molar-refractivity contribution in [2.75, 3.05) is 0 Å². The number of hydrogen-bond acceptors (Lipinski definition) is 3. The van der Waals surface area contributed by atoms with Gasteiger partial charge in [-0.1, -0.05) is 109 Å². The van der Waals surface area contributed by atoms with Gasteiger partial charge in [0.2, 0.25) is 5.91 Å². The lowest BCUT2D eigenvalue weighted by Gasteiger charge is -2.51. The van der Waals surface area contributed by atoms with Crippen molar-refractivity contribution in [2.24, 2.45) is 0 Å². The van der Waals surface area contributed by atoms with Crippen molar-refractivity contribution >= 4 is 5.91 Å². The van der Waals surface area contributed by atoms with Gasteiger partial charge in [-0.05, 0) is 71.6 Å². The van der Waals surface area contributed by atoms with Crippen LogP contribution in [0.1, 0.15) is 176 Å². The van der Waals surface area contributed by atoms with Crippen molar-refractivity contribution in [2.45, 2.75) is 193 Å². The fourth-order valence-corrected chi connectivity index (χ4v) is 5.97. The number of piperidine rings is 1. The third-order valence-electron chi connectivity index (χ3n) is 8.10. The Bertz CT molecular complexity index is 747. The summed E-state index contributed by atoms with van der Waals surface area (Å²) in [5, 5.41) is 15.1. The van der Waals surface area contributed by atoms with Crippen molar-refractivity contribution in [3.05, 3.63) is 0 Å². The van der Waals surface area contributed by atoms with E-state index in [2.05, 4.69) is 35.9 Å². The van der Waals surface area contributed by atoms with Gasteiger partial charge in [-0.25, -0.2) is 0 Å². The monoisotopic (exact) mass is 542 g/mol. The van der Waals surface area contributed by atoms with E-state index in [1.807, 2.05) is 27.7 Å². The normalized spacial score (nSPS) is 16.7. The number of hydroxylamine groups is 2. The number of unbranched alkanes of at least 4 members (excludes halogenated alkanes) is 17. The number of hydrogen-bond donors (Lipinski definition) is 2. The first-order chi connectivity index (χ1) is 18.7. The van der Waals surface area contributed by atoms with E-state index in [1.165, 1.54) is 95.0 Å². The van der Waals surface area contributed by atoms with Crippen LogP contribution in [-0.2, 0) is 4.79 Å². The molecule has 4 nitrogen and oxygen atoms in total. The smallest absolute Gasteiger partial charge is 0.220 e. The van der Waals surface area contributed by atoms with Gasteiger partial charge in [0.25, 0.3) is 0 Å². The van der Waals surface area contributed by atoms with E-state index in [1.54, 1.807) is 0 Å². The summed E-state index contributed by atoms with van der Waals surface area (Å²) in [5.41, 5.74) is -0.657. The Kier molecular flexibility index (Phi) is 19.4. The van der Waals surface area contributed by atoms with Crippen LogP contribution < -0.4 is 5.32 Å². The van der Waals surface area contributed by atoms with Crippen molar-refractivity contribution in [3.8, 4) is 23.7 Å². The lowest BCUT2D eigenvalue weighted by atomic mass is 9.79. The summed E-state index contributed by atoms with van der Waals surface area (Å²) < 4.78 is 0. The van der Waals surface area contributed by atoms with Gasteiger partial charge in [-0.2, -0.15) is 5.06 Å². The van der Waals surface area contributed by atoms with E-state index in [0.29, 0.717) is 6.42 Å². The highest BCUT2D eigenvalue weighted by molar-refractivity contribution is 5.76. The first-order valence-corrected chi connectivity index (χ1v) is 16.4. The lowest BCUT2D eigenvalue weighted by molar-refractivity contribution is -0.246. The second-order valence-corrected chi connectivity index (χ2v) is 13.1. The number of carbonyl (C=O) groups is 1. The Balaban J connectivity index is 1.91. The molecule has 1 aliphatic rings. The van der Waals surface area contributed by atoms with E-state index in [9.17, 15) is 10.0 Å². The summed E-state index contributed by atoms with van der Waals surface area (Å²) in [7, 11) is 0. The maximum atomic E-state index is 12.4. The summed E-state index contributed by atoms with van der Waals surface area (Å²) in [5.74, 6) is 12.6. The van der Waals surface area contributed by atoms with Crippen LogP contribution in [0.4, 0.5) is 0 Å². The van der Waals surface area contributed by atoms with E-state index in [-0.39, 0.29) is 23.0 Å². The highest BCUT2D eigenvalue weighted by Crippen LogP contribution is 2.36. The minimum absolute atomic E-state index is 0.129. The molecule has 0 unspecified atom stereocenters. The SMILES string of the molecule is CCCCCCCCCCCCC#CC#CCCCCCCCCCC(=O)NC1CC(C)(C)N(O)C(C)(C)C1. The average molecular weight is 543 g/mol. The summed E-state index contributed by atoms with van der Waals surface area (Å²) in [6.07, 6.45) is 25.9. The van der Waals surface area contributed by atoms with Gasteiger partial charge in [0.15, 0.2) is 0 Å². The number of nitrogens with zero attached hydrogens (tertiary/aromatic N) is 1. The Hall–Kier alpha value is -1.49. The molecule has 1 amide bonds. The predicted octanol–water partition coefficient (Wildman–Crippen LogP) is 9.34.